The Hall–Kier alpha value is -2.96. The van der Waals surface area contributed by atoms with Crippen LogP contribution in [0, 0.1) is 0 Å². The number of guanidine groups is 1. The van der Waals surface area contributed by atoms with Crippen LogP contribution in [0.25, 0.3) is 0 Å². The maximum absolute atomic E-state index is 11.0. The topological polar surface area (TPSA) is 102 Å². The van der Waals surface area contributed by atoms with Gasteiger partial charge in [0.05, 0.1) is 13.7 Å². The Morgan fingerprint density at radius 2 is 1.96 bits per heavy atom. The van der Waals surface area contributed by atoms with Crippen molar-refractivity contribution < 1.29 is 13.9 Å². The molecule has 1 amide bonds. The van der Waals surface area contributed by atoms with Crippen molar-refractivity contribution in [3.63, 3.8) is 0 Å². The van der Waals surface area contributed by atoms with Crippen molar-refractivity contribution >= 4 is 11.9 Å². The summed E-state index contributed by atoms with van der Waals surface area (Å²) in [4.78, 5) is 15.2. The van der Waals surface area contributed by atoms with Crippen LogP contribution in [0.15, 0.2) is 45.8 Å². The first kappa shape index (κ1) is 19.4. The molecule has 26 heavy (non-hydrogen) atoms. The lowest BCUT2D eigenvalue weighted by Crippen LogP contribution is -2.37. The molecule has 0 aliphatic carbocycles. The number of nitrogens with one attached hydrogen (secondary N) is 2. The summed E-state index contributed by atoms with van der Waals surface area (Å²) >= 11 is 0. The third-order valence-electron chi connectivity index (χ3n) is 4.11. The molecule has 0 aliphatic heterocycles. The van der Waals surface area contributed by atoms with Gasteiger partial charge in [0.2, 0.25) is 0 Å². The maximum Gasteiger partial charge on any atom is 0.284 e. The van der Waals surface area contributed by atoms with E-state index in [9.17, 15) is 4.79 Å². The molecule has 0 saturated heterocycles. The van der Waals surface area contributed by atoms with Crippen molar-refractivity contribution in [2.45, 2.75) is 25.8 Å². The van der Waals surface area contributed by atoms with E-state index in [1.54, 1.807) is 26.3 Å². The van der Waals surface area contributed by atoms with Gasteiger partial charge in [-0.2, -0.15) is 0 Å². The fraction of sp³-hybridized carbons (Fsp3) is 0.368. The van der Waals surface area contributed by atoms with E-state index < -0.39 is 5.91 Å². The fourth-order valence-corrected chi connectivity index (χ4v) is 2.50. The van der Waals surface area contributed by atoms with Crippen LogP contribution >= 0.6 is 0 Å². The summed E-state index contributed by atoms with van der Waals surface area (Å²) in [6.45, 7) is 3.38. The van der Waals surface area contributed by atoms with Crippen molar-refractivity contribution in [1.82, 2.24) is 10.6 Å². The molecular formula is C19H26N4O3. The lowest BCUT2D eigenvalue weighted by molar-refractivity contribution is 0.0972. The summed E-state index contributed by atoms with van der Waals surface area (Å²) in [6.07, 6.45) is 0.958. The lowest BCUT2D eigenvalue weighted by Gasteiger charge is -2.15. The molecule has 4 N–H and O–H groups in total. The first-order valence-corrected chi connectivity index (χ1v) is 8.50. The summed E-state index contributed by atoms with van der Waals surface area (Å²) in [7, 11) is 3.37. The van der Waals surface area contributed by atoms with Crippen molar-refractivity contribution in [1.29, 1.82) is 0 Å². The number of primary amides is 1. The Labute approximate surface area is 153 Å². The highest BCUT2D eigenvalue weighted by molar-refractivity contribution is 5.89. The zero-order chi connectivity index (χ0) is 18.9. The number of hydrogen-bond donors (Lipinski definition) is 3. The highest BCUT2D eigenvalue weighted by Crippen LogP contribution is 2.21. The molecule has 1 aromatic heterocycles. The number of hydrogen-bond acceptors (Lipinski definition) is 4. The van der Waals surface area contributed by atoms with Gasteiger partial charge in [0.15, 0.2) is 11.7 Å². The maximum atomic E-state index is 11.0. The first-order chi connectivity index (χ1) is 12.5. The second kappa shape index (κ2) is 9.50. The molecular weight excluding hydrogens is 332 g/mol. The van der Waals surface area contributed by atoms with Gasteiger partial charge in [0.1, 0.15) is 11.5 Å². The van der Waals surface area contributed by atoms with Crippen LogP contribution in [0.5, 0.6) is 5.75 Å². The fourth-order valence-electron chi connectivity index (χ4n) is 2.50. The number of furan rings is 1. The summed E-state index contributed by atoms with van der Waals surface area (Å²) in [6, 6.07) is 11.4. The molecule has 2 aromatic rings. The molecule has 0 spiro atoms. The van der Waals surface area contributed by atoms with Crippen LogP contribution in [0.4, 0.5) is 0 Å². The molecule has 2 rings (SSSR count). The Morgan fingerprint density at radius 1 is 1.23 bits per heavy atom. The predicted octanol–water partition coefficient (Wildman–Crippen LogP) is 2.25. The van der Waals surface area contributed by atoms with Gasteiger partial charge in [-0.15, -0.1) is 0 Å². The third kappa shape index (κ3) is 5.54. The van der Waals surface area contributed by atoms with Crippen LogP contribution in [-0.2, 0) is 6.54 Å². The van der Waals surface area contributed by atoms with Crippen LogP contribution < -0.4 is 21.1 Å². The number of nitrogens with zero attached hydrogens (tertiary/aromatic N) is 1. The van der Waals surface area contributed by atoms with Crippen LogP contribution in [-0.4, -0.2) is 32.6 Å². The van der Waals surface area contributed by atoms with Crippen molar-refractivity contribution in [2.75, 3.05) is 20.7 Å². The number of ether oxygens (including phenoxy) is 1. The van der Waals surface area contributed by atoms with Crippen molar-refractivity contribution in [3.8, 4) is 5.75 Å². The van der Waals surface area contributed by atoms with E-state index >= 15 is 0 Å². The monoisotopic (exact) mass is 358 g/mol. The van der Waals surface area contributed by atoms with Gasteiger partial charge in [-0.3, -0.25) is 9.79 Å². The summed E-state index contributed by atoms with van der Waals surface area (Å²) in [5.74, 6) is 2.14. The van der Waals surface area contributed by atoms with Crippen LogP contribution in [0.3, 0.4) is 0 Å². The number of rotatable bonds is 8. The number of aliphatic imine (C=N–C) groups is 1. The lowest BCUT2D eigenvalue weighted by atomic mass is 9.98. The average Bonchev–Trinajstić information content (AvgIpc) is 3.13. The predicted molar refractivity (Wildman–Crippen MR) is 101 cm³/mol. The quantitative estimate of drug-likeness (QED) is 0.496. The Balaban J connectivity index is 1.76. The standard InChI is InChI=1S/C19H26N4O3/c1-13(14-4-6-15(25-3)7-5-14)10-11-22-19(21-2)23-12-16-8-9-17(26-16)18(20)24/h4-9,13H,10-12H2,1-3H3,(H2,20,24)(H2,21,22,23). The molecule has 0 fully saturated rings. The van der Waals surface area contributed by atoms with E-state index in [4.69, 9.17) is 14.9 Å². The van der Waals surface area contributed by atoms with Gasteiger partial charge >= 0.3 is 0 Å². The molecule has 7 nitrogen and oxygen atoms in total. The highest BCUT2D eigenvalue weighted by atomic mass is 16.5. The van der Waals surface area contributed by atoms with E-state index in [1.165, 1.54) is 5.56 Å². The highest BCUT2D eigenvalue weighted by Gasteiger charge is 2.09. The Bertz CT molecular complexity index is 737. The molecule has 1 heterocycles. The number of amides is 1. The molecule has 0 saturated carbocycles. The van der Waals surface area contributed by atoms with Gasteiger partial charge < -0.3 is 25.5 Å². The molecule has 0 radical (unpaired) electrons. The molecule has 1 atom stereocenters. The Morgan fingerprint density at radius 3 is 2.54 bits per heavy atom. The third-order valence-corrected chi connectivity index (χ3v) is 4.11. The molecule has 7 heteroatoms. The molecule has 0 bridgehead atoms. The van der Waals surface area contributed by atoms with E-state index in [0.29, 0.717) is 24.2 Å². The second-order valence-electron chi connectivity index (χ2n) is 5.95. The SMILES string of the molecule is CN=C(NCCC(C)c1ccc(OC)cc1)NCc1ccc(C(N)=O)o1. The number of carbonyl (C=O) groups is 1. The van der Waals surface area contributed by atoms with E-state index in [0.717, 1.165) is 18.7 Å². The first-order valence-electron chi connectivity index (χ1n) is 8.50. The minimum atomic E-state index is -0.578. The van der Waals surface area contributed by atoms with E-state index in [2.05, 4.69) is 34.7 Å². The smallest absolute Gasteiger partial charge is 0.284 e. The summed E-state index contributed by atoms with van der Waals surface area (Å²) in [5.41, 5.74) is 6.44. The average molecular weight is 358 g/mol. The Kier molecular flexibility index (Phi) is 7.08. The van der Waals surface area contributed by atoms with Crippen molar-refractivity contribution in [2.24, 2.45) is 10.7 Å². The van der Waals surface area contributed by atoms with Crippen LogP contribution in [0.2, 0.25) is 0 Å². The molecule has 1 unspecified atom stereocenters. The van der Waals surface area contributed by atoms with Gasteiger partial charge in [-0.1, -0.05) is 19.1 Å². The summed E-state index contributed by atoms with van der Waals surface area (Å²) < 4.78 is 10.5. The number of methoxy groups -OCH3 is 1. The van der Waals surface area contributed by atoms with E-state index in [-0.39, 0.29) is 5.76 Å². The number of nitrogens with two attached hydrogens (primary N) is 1. The zero-order valence-corrected chi connectivity index (χ0v) is 15.4. The van der Waals surface area contributed by atoms with Gasteiger partial charge in [-0.05, 0) is 42.2 Å². The zero-order valence-electron chi connectivity index (χ0n) is 15.4. The van der Waals surface area contributed by atoms with Gasteiger partial charge in [-0.25, -0.2) is 0 Å². The number of benzene rings is 1. The second-order valence-corrected chi connectivity index (χ2v) is 5.95. The van der Waals surface area contributed by atoms with Gasteiger partial charge in [0, 0.05) is 13.6 Å². The largest absolute Gasteiger partial charge is 0.497 e. The van der Waals surface area contributed by atoms with Crippen molar-refractivity contribution in [3.05, 3.63) is 53.5 Å². The molecule has 140 valence electrons. The van der Waals surface area contributed by atoms with Crippen LogP contribution in [0.1, 0.15) is 41.1 Å². The summed E-state index contributed by atoms with van der Waals surface area (Å²) in [5, 5.41) is 6.42. The molecule has 1 aromatic carbocycles. The minimum Gasteiger partial charge on any atom is -0.497 e. The minimum absolute atomic E-state index is 0.151. The molecule has 0 aliphatic rings. The van der Waals surface area contributed by atoms with Gasteiger partial charge in [0.25, 0.3) is 5.91 Å². The number of carbonyl (C=O) groups excluding carboxylic acids is 1. The van der Waals surface area contributed by atoms with E-state index in [1.807, 2.05) is 12.1 Å². The normalized spacial score (nSPS) is 12.5.